The fourth-order valence-electron chi connectivity index (χ4n) is 6.20. The smallest absolute Gasteiger partial charge is 0.222 e. The third kappa shape index (κ3) is 5.62. The highest BCUT2D eigenvalue weighted by molar-refractivity contribution is 5.95. The Morgan fingerprint density at radius 2 is 1.65 bits per heavy atom. The Kier molecular flexibility index (Phi) is 8.56. The van der Waals surface area contributed by atoms with E-state index in [0.29, 0.717) is 25.8 Å². The number of aliphatic hydroxyl groups is 1. The van der Waals surface area contributed by atoms with E-state index in [0.717, 1.165) is 84.7 Å². The maximum atomic E-state index is 13.0. The van der Waals surface area contributed by atoms with E-state index in [2.05, 4.69) is 82.4 Å². The van der Waals surface area contributed by atoms with Crippen LogP contribution in [0.4, 0.5) is 0 Å². The molecule has 2 aliphatic rings. The summed E-state index contributed by atoms with van der Waals surface area (Å²) in [6.07, 6.45) is 6.47. The first-order valence-electron chi connectivity index (χ1n) is 15.2. The van der Waals surface area contributed by atoms with Crippen molar-refractivity contribution in [3.63, 3.8) is 0 Å². The number of carbonyl (C=O) groups is 1. The van der Waals surface area contributed by atoms with Crippen molar-refractivity contribution in [2.75, 3.05) is 20.2 Å². The second-order valence-electron chi connectivity index (χ2n) is 11.7. The molecule has 0 radical (unpaired) electrons. The Morgan fingerprint density at radius 1 is 0.953 bits per heavy atom. The van der Waals surface area contributed by atoms with Gasteiger partial charge in [0.05, 0.1) is 22.8 Å². The largest absolute Gasteiger partial charge is 0.396 e. The second-order valence-corrected chi connectivity index (χ2v) is 11.7. The summed E-state index contributed by atoms with van der Waals surface area (Å²) < 4.78 is 0. The van der Waals surface area contributed by atoms with Crippen LogP contribution in [0, 0.1) is 20.8 Å². The van der Waals surface area contributed by atoms with E-state index < -0.39 is 0 Å². The Labute approximate surface area is 254 Å². The lowest BCUT2D eigenvalue weighted by Crippen LogP contribution is -2.28. The summed E-state index contributed by atoms with van der Waals surface area (Å²) >= 11 is 0. The number of carbonyl (C=O) groups excluding carboxylic acids is 1. The number of aliphatic hydroxyl groups excluding tert-OH is 1. The van der Waals surface area contributed by atoms with Crippen LogP contribution in [0.1, 0.15) is 90.6 Å². The number of amides is 1. The number of fused-ring (bicyclic) bond motifs is 8. The van der Waals surface area contributed by atoms with E-state index in [-0.39, 0.29) is 12.5 Å². The minimum Gasteiger partial charge on any atom is -0.396 e. The Hall–Kier alpha value is -4.23. The van der Waals surface area contributed by atoms with Crippen LogP contribution in [0.5, 0.6) is 0 Å². The summed E-state index contributed by atoms with van der Waals surface area (Å²) in [4.78, 5) is 32.2. The van der Waals surface area contributed by atoms with Gasteiger partial charge in [-0.1, -0.05) is 19.6 Å². The summed E-state index contributed by atoms with van der Waals surface area (Å²) in [6, 6.07) is 6.45. The molecule has 0 spiro atoms. The first-order chi connectivity index (χ1) is 20.6. The van der Waals surface area contributed by atoms with Crippen LogP contribution in [0.15, 0.2) is 24.8 Å². The third-order valence-corrected chi connectivity index (χ3v) is 8.99. The van der Waals surface area contributed by atoms with Crippen LogP contribution < -0.4 is 0 Å². The fraction of sp³-hybridized carbons (Fsp3) is 0.361. The van der Waals surface area contributed by atoms with Gasteiger partial charge in [-0.3, -0.25) is 4.79 Å². The van der Waals surface area contributed by atoms with Gasteiger partial charge in [0, 0.05) is 59.8 Å². The van der Waals surface area contributed by atoms with Gasteiger partial charge in [0.2, 0.25) is 5.91 Å². The number of hydrogen-bond acceptors (Lipinski definition) is 4. The van der Waals surface area contributed by atoms with Crippen molar-refractivity contribution in [2.45, 2.75) is 67.2 Å². The second kappa shape index (κ2) is 12.2. The number of aryl methyl sites for hydroxylation is 3. The number of rotatable bonds is 8. The molecule has 8 bridgehead atoms. The van der Waals surface area contributed by atoms with Crippen LogP contribution >= 0.6 is 0 Å². The predicted molar refractivity (Wildman–Crippen MR) is 179 cm³/mol. The maximum absolute atomic E-state index is 13.0. The van der Waals surface area contributed by atoms with Gasteiger partial charge in [0.25, 0.3) is 0 Å². The summed E-state index contributed by atoms with van der Waals surface area (Å²) in [5.74, 6) is 0.0592. The number of H-pyrrole nitrogens is 2. The van der Waals surface area contributed by atoms with Crippen molar-refractivity contribution in [3.05, 3.63) is 75.4 Å². The molecular formula is C36H43N5O2. The summed E-state index contributed by atoms with van der Waals surface area (Å²) in [7, 11) is 1.80. The highest BCUT2D eigenvalue weighted by Crippen LogP contribution is 2.37. The van der Waals surface area contributed by atoms with Crippen molar-refractivity contribution >= 4 is 56.8 Å². The molecule has 7 nitrogen and oxygen atoms in total. The van der Waals surface area contributed by atoms with Crippen molar-refractivity contribution < 1.29 is 9.90 Å². The van der Waals surface area contributed by atoms with Gasteiger partial charge in [-0.05, 0) is 112 Å². The van der Waals surface area contributed by atoms with Gasteiger partial charge < -0.3 is 20.0 Å². The van der Waals surface area contributed by atoms with Gasteiger partial charge in [0.1, 0.15) is 0 Å². The molecule has 0 saturated heterocycles. The molecule has 0 unspecified atom stereocenters. The molecule has 3 aromatic heterocycles. The van der Waals surface area contributed by atoms with E-state index in [9.17, 15) is 9.90 Å². The minimum absolute atomic E-state index is 0.0592. The molecule has 224 valence electrons. The Morgan fingerprint density at radius 3 is 2.35 bits per heavy atom. The molecule has 1 amide bonds. The van der Waals surface area contributed by atoms with E-state index in [1.807, 2.05) is 6.08 Å². The standard InChI is InChI=1S/C36H43N5O2/c1-9-25-22(5)31-19-34-26(10-2)21(4)30(38-34)18-32-23(6)27(12-13-35(43)41(8)14-11-15-42)36(40-32)24(7)29-16-20(3)28(37-29)17-33(25)39-31/h10,16-19,38-39,42H,2,9,11-15H2,1,3-8H3. The monoisotopic (exact) mass is 577 g/mol. The number of nitrogens with zero attached hydrogens (tertiary/aromatic N) is 3. The van der Waals surface area contributed by atoms with Gasteiger partial charge in [-0.15, -0.1) is 0 Å². The average Bonchev–Trinajstić information content (AvgIpc) is 3.68. The lowest BCUT2D eigenvalue weighted by atomic mass is 9.98. The highest BCUT2D eigenvalue weighted by atomic mass is 16.3. The molecule has 7 heteroatoms. The minimum atomic E-state index is 0.0592. The van der Waals surface area contributed by atoms with Crippen LogP contribution in [-0.2, 0) is 11.2 Å². The zero-order valence-corrected chi connectivity index (χ0v) is 26.5. The molecule has 0 saturated carbocycles. The van der Waals surface area contributed by atoms with Crippen molar-refractivity contribution in [1.29, 1.82) is 0 Å². The molecule has 0 atom stereocenters. The molecule has 43 heavy (non-hydrogen) atoms. The zero-order chi connectivity index (χ0) is 31.0. The van der Waals surface area contributed by atoms with Crippen molar-refractivity contribution in [3.8, 4) is 0 Å². The highest BCUT2D eigenvalue weighted by Gasteiger charge is 2.23. The normalized spacial score (nSPS) is 13.0. The summed E-state index contributed by atoms with van der Waals surface area (Å²) in [6.45, 7) is 17.5. The topological polar surface area (TPSA) is 97.9 Å². The van der Waals surface area contributed by atoms with E-state index in [1.54, 1.807) is 11.9 Å². The van der Waals surface area contributed by atoms with Crippen molar-refractivity contribution in [2.24, 2.45) is 0 Å². The van der Waals surface area contributed by atoms with E-state index in [4.69, 9.17) is 9.97 Å². The number of hydrogen-bond donors (Lipinski definition) is 3. The quantitative estimate of drug-likeness (QED) is 0.257. The lowest BCUT2D eigenvalue weighted by Gasteiger charge is -2.17. The van der Waals surface area contributed by atoms with Crippen molar-refractivity contribution in [1.82, 2.24) is 24.8 Å². The molecule has 5 heterocycles. The Bertz CT molecular complexity index is 1850. The van der Waals surface area contributed by atoms with Crippen LogP contribution in [0.3, 0.4) is 0 Å². The molecule has 5 rings (SSSR count). The SMILES string of the molecule is C=Cc1c(C)c2cc3nc(c(C)c4nc(cc5[nH]c(cc1[nH]2)c(C)c5CC)C(C)=C4)C(CCC(=O)N(C)CCCO)=C3C. The third-order valence-electron chi connectivity index (χ3n) is 8.99. The Balaban J connectivity index is 1.79. The first-order valence-corrected chi connectivity index (χ1v) is 15.2. The number of allylic oxidation sites excluding steroid dienone is 3. The van der Waals surface area contributed by atoms with E-state index >= 15 is 0 Å². The predicted octanol–water partition coefficient (Wildman–Crippen LogP) is 7.56. The molecular weight excluding hydrogens is 534 g/mol. The molecule has 2 aliphatic heterocycles. The fourth-order valence-corrected chi connectivity index (χ4v) is 6.20. The maximum Gasteiger partial charge on any atom is 0.222 e. The molecule has 3 N–H and O–H groups in total. The number of aromatic nitrogens is 4. The van der Waals surface area contributed by atoms with Gasteiger partial charge in [0.15, 0.2) is 0 Å². The molecule has 0 aromatic carbocycles. The molecule has 0 fully saturated rings. The summed E-state index contributed by atoms with van der Waals surface area (Å²) in [5.41, 5.74) is 16.7. The van der Waals surface area contributed by atoms with Crippen LogP contribution in [0.2, 0.25) is 0 Å². The lowest BCUT2D eigenvalue weighted by molar-refractivity contribution is -0.129. The van der Waals surface area contributed by atoms with E-state index in [1.165, 1.54) is 11.1 Å². The van der Waals surface area contributed by atoms with Crippen LogP contribution in [-0.4, -0.2) is 56.0 Å². The van der Waals surface area contributed by atoms with Gasteiger partial charge >= 0.3 is 0 Å². The number of nitrogens with one attached hydrogen (secondary N) is 2. The van der Waals surface area contributed by atoms with Gasteiger partial charge in [-0.2, -0.15) is 0 Å². The van der Waals surface area contributed by atoms with Crippen LogP contribution in [0.25, 0.3) is 50.9 Å². The molecule has 3 aromatic rings. The zero-order valence-electron chi connectivity index (χ0n) is 26.5. The summed E-state index contributed by atoms with van der Waals surface area (Å²) in [5, 5.41) is 9.19. The average molecular weight is 578 g/mol. The number of aromatic amines is 2. The van der Waals surface area contributed by atoms with Gasteiger partial charge in [-0.25, -0.2) is 9.97 Å². The first kappa shape index (κ1) is 30.2. The molecule has 0 aliphatic carbocycles.